The Balaban J connectivity index is 1.66. The smallest absolute Gasteiger partial charge is 0.143 e. The molecule has 0 spiro atoms. The molecule has 69 heavy (non-hydrogen) atoms. The Hall–Kier alpha value is -3.97. The third-order valence-corrected chi connectivity index (χ3v) is 19.9. The Morgan fingerprint density at radius 1 is 0.130 bits per heavy atom. The summed E-state index contributed by atoms with van der Waals surface area (Å²) in [5.74, 6) is 0. The molecule has 0 saturated carbocycles. The van der Waals surface area contributed by atoms with Crippen LogP contribution >= 0.6 is 0 Å². The fourth-order valence-electron chi connectivity index (χ4n) is 13.7. The molecule has 9 rings (SSSR count). The van der Waals surface area contributed by atoms with Gasteiger partial charge in [0, 0.05) is 10.8 Å². The first-order valence-corrected chi connectivity index (χ1v) is 25.7. The van der Waals surface area contributed by atoms with Gasteiger partial charge in [0.05, 0.1) is 0 Å². The van der Waals surface area contributed by atoms with Crippen LogP contribution in [0.25, 0.3) is 87.6 Å². The second-order valence-electron chi connectivity index (χ2n) is 22.3. The van der Waals surface area contributed by atoms with Gasteiger partial charge in [-0.05, 0) is 65.7 Å². The van der Waals surface area contributed by atoms with E-state index in [1.165, 1.54) is 219 Å². The quantitative estimate of drug-likeness (QED) is 0.127. The molecular formula is C42H52B26O. The SMILES string of the molecule is Bc1c(B)c(B)c(-c2c(B)c(-c3c4c(B)c(B)c(B)c(B)c4c(-c4c(B)c(B)c5oc6c(B)c(B)c(B)c(B)c6c5c4B)c4c(B)c(B)c(B)c(B)c34)c(B)c3c(B)c(B)c(B)c(B)c23)c(B)c1B. The Labute approximate surface area is 435 Å². The van der Waals surface area contributed by atoms with Crippen LogP contribution in [0.1, 0.15) is 0 Å². The standard InChI is InChI=1S/C42H52B26O/c43-15-7(12-24(52)34(62)37(65)35(63)25(12)53)8-11(23(51)33(61)32(60)22(8)50)16(44)9(15)1-3-5(20(48)30(58)28(56)18(3)46)2(6-4(1)19(47)29(57)31(59)21(6)49)10-17(45)13-14-27(55)36(64)38(66)40(68)42(14)69-41(13)39(67)26(10)54/h43-68H2. The molecule has 0 saturated heterocycles. The molecule has 0 radical (unpaired) electrons. The van der Waals surface area contributed by atoms with Crippen molar-refractivity contribution < 1.29 is 4.42 Å². The first kappa shape index (κ1) is 50.0. The Morgan fingerprint density at radius 3 is 0.710 bits per heavy atom. The van der Waals surface area contributed by atoms with Crippen molar-refractivity contribution in [2.24, 2.45) is 0 Å². The van der Waals surface area contributed by atoms with E-state index in [4.69, 9.17) is 4.42 Å². The molecule has 0 amide bonds. The van der Waals surface area contributed by atoms with Gasteiger partial charge in [-0.2, -0.15) is 0 Å². The molecular weight excluding hydrogens is 802 g/mol. The van der Waals surface area contributed by atoms with Gasteiger partial charge in [-0.3, -0.25) is 0 Å². The summed E-state index contributed by atoms with van der Waals surface area (Å²) in [6, 6.07) is 0. The van der Waals surface area contributed by atoms with Crippen LogP contribution in [-0.4, -0.2) is 204 Å². The summed E-state index contributed by atoms with van der Waals surface area (Å²) in [5, 5.41) is 11.0. The third kappa shape index (κ3) is 6.41. The largest absolute Gasteiger partial charge is 0.457 e. The molecule has 1 heterocycles. The highest BCUT2D eigenvalue weighted by atomic mass is 16.3. The lowest BCUT2D eigenvalue weighted by Crippen LogP contribution is -2.56. The minimum Gasteiger partial charge on any atom is -0.457 e. The molecule has 304 valence electrons. The van der Waals surface area contributed by atoms with E-state index in [0.717, 1.165) is 11.2 Å². The summed E-state index contributed by atoms with van der Waals surface area (Å²) in [6.07, 6.45) is 0. The highest BCUT2D eigenvalue weighted by molar-refractivity contribution is 6.77. The molecule has 0 aliphatic rings. The molecule has 0 unspecified atom stereocenters. The van der Waals surface area contributed by atoms with E-state index in [2.05, 4.69) is 204 Å². The van der Waals surface area contributed by atoms with Crippen LogP contribution in [0.15, 0.2) is 4.42 Å². The zero-order valence-corrected chi connectivity index (χ0v) is 47.4. The molecule has 0 atom stereocenters. The zero-order valence-electron chi connectivity index (χ0n) is 47.4. The topological polar surface area (TPSA) is 13.1 Å². The maximum atomic E-state index is 7.07. The molecule has 1 nitrogen and oxygen atoms in total. The van der Waals surface area contributed by atoms with Crippen molar-refractivity contribution in [3.05, 3.63) is 0 Å². The molecule has 8 aromatic carbocycles. The number of hydrogen-bond acceptors (Lipinski definition) is 1. The molecule has 9 aromatic rings. The van der Waals surface area contributed by atoms with E-state index in [1.54, 1.807) is 0 Å². The summed E-state index contributed by atoms with van der Waals surface area (Å²) in [5.41, 5.74) is 45.9. The van der Waals surface area contributed by atoms with Crippen molar-refractivity contribution >= 4 is 400 Å². The van der Waals surface area contributed by atoms with Crippen molar-refractivity contribution in [1.82, 2.24) is 0 Å². The lowest BCUT2D eigenvalue weighted by molar-refractivity contribution is 0.675. The van der Waals surface area contributed by atoms with Gasteiger partial charge in [-0.1, -0.05) is 87.4 Å². The van der Waals surface area contributed by atoms with Crippen LogP contribution in [0.2, 0.25) is 0 Å². The summed E-state index contributed by atoms with van der Waals surface area (Å²) in [7, 11) is 61.6. The van der Waals surface area contributed by atoms with Gasteiger partial charge >= 0.3 is 0 Å². The van der Waals surface area contributed by atoms with Crippen LogP contribution in [0, 0.1) is 0 Å². The Bertz CT molecular complexity index is 3860. The monoisotopic (exact) mass is 859 g/mol. The van der Waals surface area contributed by atoms with Crippen LogP contribution in [-0.2, 0) is 0 Å². The van der Waals surface area contributed by atoms with E-state index < -0.39 is 0 Å². The average Bonchev–Trinajstić information content (AvgIpc) is 3.73. The lowest BCUT2D eigenvalue weighted by Gasteiger charge is -2.33. The highest BCUT2D eigenvalue weighted by Gasteiger charge is 2.32. The van der Waals surface area contributed by atoms with Crippen LogP contribution in [0.3, 0.4) is 0 Å². The molecule has 27 heteroatoms. The van der Waals surface area contributed by atoms with Gasteiger partial charge in [0.25, 0.3) is 0 Å². The summed E-state index contributed by atoms with van der Waals surface area (Å²) < 4.78 is 7.07. The number of rotatable bonds is 3. The third-order valence-electron chi connectivity index (χ3n) is 19.9. The van der Waals surface area contributed by atoms with Crippen molar-refractivity contribution in [2.75, 3.05) is 0 Å². The molecule has 0 fully saturated rings. The average molecular weight is 854 g/mol. The Kier molecular flexibility index (Phi) is 12.2. The van der Waals surface area contributed by atoms with E-state index in [1.807, 2.05) is 0 Å². The molecule has 0 N–H and O–H groups in total. The van der Waals surface area contributed by atoms with Crippen LogP contribution in [0.4, 0.5) is 0 Å². The fraction of sp³-hybridized carbons (Fsp3) is 0. The maximum Gasteiger partial charge on any atom is 0.143 e. The first-order chi connectivity index (χ1) is 32.2. The number of furan rings is 1. The second-order valence-corrected chi connectivity index (χ2v) is 22.3. The zero-order chi connectivity index (χ0) is 51.0. The number of benzene rings is 8. The van der Waals surface area contributed by atoms with E-state index in [-0.39, 0.29) is 0 Å². The summed E-state index contributed by atoms with van der Waals surface area (Å²) in [4.78, 5) is 0. The molecule has 0 aliphatic carbocycles. The van der Waals surface area contributed by atoms with Crippen molar-refractivity contribution in [2.45, 2.75) is 0 Å². The molecule has 1 aromatic heterocycles. The predicted octanol–water partition coefficient (Wildman–Crippen LogP) is -33.2. The highest BCUT2D eigenvalue weighted by Crippen LogP contribution is 2.41. The van der Waals surface area contributed by atoms with Crippen LogP contribution in [0.5, 0.6) is 0 Å². The van der Waals surface area contributed by atoms with Crippen molar-refractivity contribution in [3.8, 4) is 33.4 Å². The van der Waals surface area contributed by atoms with E-state index in [9.17, 15) is 0 Å². The minimum atomic E-state index is 1.03. The van der Waals surface area contributed by atoms with Gasteiger partial charge in [-0.15, -0.1) is 54.6 Å². The molecule has 0 aliphatic heterocycles. The van der Waals surface area contributed by atoms with Gasteiger partial charge < -0.3 is 4.42 Å². The van der Waals surface area contributed by atoms with Crippen molar-refractivity contribution in [1.29, 1.82) is 0 Å². The van der Waals surface area contributed by atoms with Gasteiger partial charge in [0.15, 0.2) is 0 Å². The normalized spacial score (nSPS) is 11.8. The lowest BCUT2D eigenvalue weighted by atomic mass is 9.55. The number of fused-ring (bicyclic) bond motifs is 6. The Morgan fingerprint density at radius 2 is 0.333 bits per heavy atom. The van der Waals surface area contributed by atoms with E-state index in [0.29, 0.717) is 0 Å². The second kappa shape index (κ2) is 16.8. The predicted molar refractivity (Wildman–Crippen MR) is 395 cm³/mol. The summed E-state index contributed by atoms with van der Waals surface area (Å²) in [6.45, 7) is 0. The minimum absolute atomic E-state index is 1.03. The van der Waals surface area contributed by atoms with Gasteiger partial charge in [-0.25, -0.2) is 0 Å². The van der Waals surface area contributed by atoms with Crippen LogP contribution < -0.4 is 142 Å². The molecule has 0 bridgehead atoms. The first-order valence-electron chi connectivity index (χ1n) is 25.7. The van der Waals surface area contributed by atoms with Gasteiger partial charge in [0.2, 0.25) is 0 Å². The fourth-order valence-corrected chi connectivity index (χ4v) is 13.7. The number of hydrogen-bond donors (Lipinski definition) is 0. The van der Waals surface area contributed by atoms with Gasteiger partial charge in [0.1, 0.15) is 215 Å². The van der Waals surface area contributed by atoms with Crippen molar-refractivity contribution in [3.63, 3.8) is 0 Å². The van der Waals surface area contributed by atoms with E-state index >= 15 is 0 Å². The summed E-state index contributed by atoms with van der Waals surface area (Å²) >= 11 is 0. The maximum absolute atomic E-state index is 7.07.